The van der Waals surface area contributed by atoms with E-state index in [4.69, 9.17) is 5.73 Å². The van der Waals surface area contributed by atoms with Gasteiger partial charge >= 0.3 is 0 Å². The average molecular weight is 247 g/mol. The van der Waals surface area contributed by atoms with Crippen LogP contribution in [0.2, 0.25) is 0 Å². The first-order chi connectivity index (χ1) is 8.29. The zero-order chi connectivity index (χ0) is 11.8. The van der Waals surface area contributed by atoms with Gasteiger partial charge in [-0.15, -0.1) is 0 Å². The van der Waals surface area contributed by atoms with Gasteiger partial charge in [-0.25, -0.2) is 0 Å². The molecule has 1 saturated heterocycles. The van der Waals surface area contributed by atoms with Crippen molar-refractivity contribution in [3.8, 4) is 0 Å². The van der Waals surface area contributed by atoms with Gasteiger partial charge in [0.1, 0.15) is 0 Å². The summed E-state index contributed by atoms with van der Waals surface area (Å²) in [5.74, 6) is 0. The van der Waals surface area contributed by atoms with Crippen LogP contribution in [0.3, 0.4) is 0 Å². The number of hydrogen-bond acceptors (Lipinski definition) is 4. The summed E-state index contributed by atoms with van der Waals surface area (Å²) in [4.78, 5) is 2.40. The maximum Gasteiger partial charge on any atom is 0.0638 e. The van der Waals surface area contributed by atoms with Crippen molar-refractivity contribution in [2.45, 2.75) is 25.8 Å². The zero-order valence-electron chi connectivity index (χ0n) is 10.0. The van der Waals surface area contributed by atoms with Crippen molar-refractivity contribution in [1.29, 1.82) is 0 Å². The molecule has 90 valence electrons. The molecule has 1 unspecified atom stereocenters. The molecule has 0 spiro atoms. The molecule has 1 aliphatic heterocycles. The third-order valence-corrected chi connectivity index (χ3v) is 4.30. The van der Waals surface area contributed by atoms with E-state index < -0.39 is 0 Å². The summed E-state index contributed by atoms with van der Waals surface area (Å²) < 4.78 is 5.84. The molecule has 3 rings (SSSR count). The highest BCUT2D eigenvalue weighted by molar-refractivity contribution is 7.13. The van der Waals surface area contributed by atoms with E-state index >= 15 is 0 Å². The van der Waals surface area contributed by atoms with Gasteiger partial charge in [-0.2, -0.15) is 4.37 Å². The van der Waals surface area contributed by atoms with E-state index in [0.29, 0.717) is 6.04 Å². The fourth-order valence-corrected chi connectivity index (χ4v) is 3.43. The second-order valence-corrected chi connectivity index (χ2v) is 5.43. The molecule has 0 radical (unpaired) electrons. The van der Waals surface area contributed by atoms with Crippen molar-refractivity contribution in [3.63, 3.8) is 0 Å². The maximum atomic E-state index is 6.00. The van der Waals surface area contributed by atoms with E-state index in [9.17, 15) is 0 Å². The number of nitrogens with two attached hydrogens (primary N) is 1. The lowest BCUT2D eigenvalue weighted by molar-refractivity contribution is 0.752. The van der Waals surface area contributed by atoms with Crippen LogP contribution in [-0.2, 0) is 6.42 Å². The predicted molar refractivity (Wildman–Crippen MR) is 73.8 cm³/mol. The molecule has 0 aliphatic carbocycles. The second kappa shape index (κ2) is 4.27. The van der Waals surface area contributed by atoms with E-state index in [1.54, 1.807) is 11.5 Å². The monoisotopic (exact) mass is 247 g/mol. The van der Waals surface area contributed by atoms with E-state index in [2.05, 4.69) is 34.4 Å². The van der Waals surface area contributed by atoms with E-state index in [0.717, 1.165) is 25.9 Å². The predicted octanol–water partition coefficient (Wildman–Crippen LogP) is 2.40. The number of benzene rings is 1. The summed E-state index contributed by atoms with van der Waals surface area (Å²) in [6.07, 6.45) is 2.09. The smallest absolute Gasteiger partial charge is 0.0638 e. The summed E-state index contributed by atoms with van der Waals surface area (Å²) in [6, 6.07) is 6.81. The van der Waals surface area contributed by atoms with Crippen molar-refractivity contribution in [2.75, 3.05) is 18.0 Å². The Balaban J connectivity index is 2.11. The van der Waals surface area contributed by atoms with Crippen molar-refractivity contribution in [2.24, 2.45) is 5.73 Å². The molecule has 17 heavy (non-hydrogen) atoms. The minimum Gasteiger partial charge on any atom is -0.369 e. The van der Waals surface area contributed by atoms with Crippen LogP contribution in [0.1, 0.15) is 19.0 Å². The molecule has 0 bridgehead atoms. The first-order valence-electron chi connectivity index (χ1n) is 6.17. The molecule has 1 aliphatic rings. The maximum absolute atomic E-state index is 6.00. The lowest BCUT2D eigenvalue weighted by atomic mass is 10.1. The summed E-state index contributed by atoms with van der Waals surface area (Å²) >= 11 is 1.60. The molecule has 1 atom stereocenters. The van der Waals surface area contributed by atoms with Gasteiger partial charge in [-0.3, -0.25) is 0 Å². The first kappa shape index (κ1) is 11.0. The van der Waals surface area contributed by atoms with Crippen molar-refractivity contribution in [1.82, 2.24) is 4.37 Å². The number of rotatable bonds is 2. The lowest BCUT2D eigenvalue weighted by Crippen LogP contribution is -2.26. The Bertz CT molecular complexity index is 534. The molecule has 3 nitrogen and oxygen atoms in total. The molecule has 2 N–H and O–H groups in total. The van der Waals surface area contributed by atoms with Crippen LogP contribution in [0.15, 0.2) is 18.2 Å². The largest absolute Gasteiger partial charge is 0.369 e. The van der Waals surface area contributed by atoms with Gasteiger partial charge in [0, 0.05) is 30.2 Å². The topological polar surface area (TPSA) is 42.2 Å². The van der Waals surface area contributed by atoms with Crippen LogP contribution in [0.4, 0.5) is 5.69 Å². The highest BCUT2D eigenvalue weighted by Gasteiger charge is 2.22. The highest BCUT2D eigenvalue weighted by Crippen LogP contribution is 2.34. The van der Waals surface area contributed by atoms with Gasteiger partial charge in [0.15, 0.2) is 0 Å². The Kier molecular flexibility index (Phi) is 2.76. The van der Waals surface area contributed by atoms with Crippen LogP contribution in [-0.4, -0.2) is 23.5 Å². The molecular weight excluding hydrogens is 230 g/mol. The number of hydrogen-bond donors (Lipinski definition) is 1. The number of aromatic nitrogens is 1. The Labute approximate surface area is 105 Å². The quantitative estimate of drug-likeness (QED) is 0.886. The standard InChI is InChI=1S/C13H17N3S/c1-2-10-13-11(16-7-6-9(14)8-16)4-3-5-12(13)17-15-10/h3-5,9H,2,6-8,14H2,1H3. The van der Waals surface area contributed by atoms with Gasteiger partial charge < -0.3 is 10.6 Å². The first-order valence-corrected chi connectivity index (χ1v) is 6.94. The molecule has 1 aromatic heterocycles. The van der Waals surface area contributed by atoms with Gasteiger partial charge in [-0.1, -0.05) is 13.0 Å². The van der Waals surface area contributed by atoms with E-state index in [1.807, 2.05) is 0 Å². The molecule has 1 fully saturated rings. The molecular formula is C13H17N3S. The molecule has 4 heteroatoms. The van der Waals surface area contributed by atoms with Crippen molar-refractivity contribution in [3.05, 3.63) is 23.9 Å². The molecule has 0 saturated carbocycles. The number of nitrogens with zero attached hydrogens (tertiary/aromatic N) is 2. The van der Waals surface area contributed by atoms with Crippen molar-refractivity contribution < 1.29 is 0 Å². The Morgan fingerprint density at radius 3 is 3.12 bits per heavy atom. The zero-order valence-corrected chi connectivity index (χ0v) is 10.8. The van der Waals surface area contributed by atoms with E-state index in [-0.39, 0.29) is 0 Å². The van der Waals surface area contributed by atoms with Crippen molar-refractivity contribution >= 4 is 27.3 Å². The fourth-order valence-electron chi connectivity index (χ4n) is 2.55. The van der Waals surface area contributed by atoms with Gasteiger partial charge in [0.25, 0.3) is 0 Å². The summed E-state index contributed by atoms with van der Waals surface area (Å²) in [5.41, 5.74) is 8.54. The third kappa shape index (κ3) is 1.81. The lowest BCUT2D eigenvalue weighted by Gasteiger charge is -2.19. The second-order valence-electron chi connectivity index (χ2n) is 4.63. The molecule has 2 heterocycles. The molecule has 0 amide bonds. The fraction of sp³-hybridized carbons (Fsp3) is 0.462. The Hall–Kier alpha value is -1.13. The van der Waals surface area contributed by atoms with Gasteiger partial charge in [0.2, 0.25) is 0 Å². The molecule has 2 aromatic rings. The third-order valence-electron chi connectivity index (χ3n) is 3.45. The van der Waals surface area contributed by atoms with Crippen LogP contribution in [0, 0.1) is 0 Å². The van der Waals surface area contributed by atoms with Gasteiger partial charge in [0.05, 0.1) is 10.4 Å². The highest BCUT2D eigenvalue weighted by atomic mass is 32.1. The van der Waals surface area contributed by atoms with Crippen LogP contribution in [0.25, 0.3) is 10.1 Å². The van der Waals surface area contributed by atoms with E-state index in [1.165, 1.54) is 21.5 Å². The Morgan fingerprint density at radius 2 is 2.41 bits per heavy atom. The minimum atomic E-state index is 0.321. The SMILES string of the molecule is CCc1nsc2cccc(N3CCC(N)C3)c12. The molecule has 1 aromatic carbocycles. The number of anilines is 1. The number of aryl methyl sites for hydroxylation is 1. The Morgan fingerprint density at radius 1 is 1.53 bits per heavy atom. The van der Waals surface area contributed by atoms with Crippen LogP contribution >= 0.6 is 11.5 Å². The van der Waals surface area contributed by atoms with Crippen LogP contribution < -0.4 is 10.6 Å². The number of fused-ring (bicyclic) bond motifs is 1. The normalized spacial score (nSPS) is 20.4. The minimum absolute atomic E-state index is 0.321. The summed E-state index contributed by atoms with van der Waals surface area (Å²) in [6.45, 7) is 4.21. The summed E-state index contributed by atoms with van der Waals surface area (Å²) in [7, 11) is 0. The average Bonchev–Trinajstić information content (AvgIpc) is 2.94. The van der Waals surface area contributed by atoms with Crippen LogP contribution in [0.5, 0.6) is 0 Å². The summed E-state index contributed by atoms with van der Waals surface area (Å²) in [5, 5.41) is 1.34. The van der Waals surface area contributed by atoms with Gasteiger partial charge in [-0.05, 0) is 36.5 Å².